The molecule has 0 bridgehead atoms. The second kappa shape index (κ2) is 10.0. The van der Waals surface area contributed by atoms with Gasteiger partial charge in [-0.1, -0.05) is 0 Å². The van der Waals surface area contributed by atoms with Crippen molar-refractivity contribution in [1.82, 2.24) is 10.2 Å². The molecule has 7 heteroatoms. The van der Waals surface area contributed by atoms with Gasteiger partial charge in [-0.25, -0.2) is 9.59 Å². The molecule has 0 saturated carbocycles. The molecule has 2 amide bonds. The van der Waals surface area contributed by atoms with Crippen LogP contribution in [0.4, 0.5) is 4.79 Å². The van der Waals surface area contributed by atoms with Gasteiger partial charge < -0.3 is 20.4 Å². The summed E-state index contributed by atoms with van der Waals surface area (Å²) >= 11 is 1.54. The van der Waals surface area contributed by atoms with Crippen molar-refractivity contribution in [2.45, 2.75) is 25.8 Å². The molecule has 0 spiro atoms. The van der Waals surface area contributed by atoms with Gasteiger partial charge in [-0.15, -0.1) is 0 Å². The van der Waals surface area contributed by atoms with Crippen LogP contribution in [0, 0.1) is 0 Å². The molecule has 3 N–H and O–H groups in total. The van der Waals surface area contributed by atoms with Crippen molar-refractivity contribution in [3.8, 4) is 0 Å². The molecule has 0 radical (unpaired) electrons. The molecule has 0 rings (SSSR count). The number of amides is 2. The Kier molecular flexibility index (Phi) is 9.49. The Morgan fingerprint density at radius 3 is 2.56 bits per heavy atom. The van der Waals surface area contributed by atoms with Gasteiger partial charge in [-0.2, -0.15) is 11.8 Å². The Bertz CT molecular complexity index is 263. The highest BCUT2D eigenvalue weighted by Gasteiger charge is 2.21. The lowest BCUT2D eigenvalue weighted by atomic mass is 10.2. The minimum absolute atomic E-state index is 0.0125. The molecule has 0 heterocycles. The number of carboxylic acid groups (broad SMARTS) is 1. The third-order valence-electron chi connectivity index (χ3n) is 2.46. The van der Waals surface area contributed by atoms with E-state index in [1.807, 2.05) is 13.2 Å². The van der Waals surface area contributed by atoms with Crippen LogP contribution in [-0.2, 0) is 4.79 Å². The van der Waals surface area contributed by atoms with E-state index in [0.717, 1.165) is 0 Å². The van der Waals surface area contributed by atoms with E-state index in [0.29, 0.717) is 31.7 Å². The maximum absolute atomic E-state index is 11.8. The van der Waals surface area contributed by atoms with Crippen molar-refractivity contribution >= 4 is 23.8 Å². The van der Waals surface area contributed by atoms with Gasteiger partial charge in [-0.3, -0.25) is 0 Å². The average Bonchev–Trinajstić information content (AvgIpc) is 2.34. The van der Waals surface area contributed by atoms with Crippen molar-refractivity contribution < 1.29 is 19.8 Å². The predicted octanol–water partition coefficient (Wildman–Crippen LogP) is 0.607. The summed E-state index contributed by atoms with van der Waals surface area (Å²) in [7, 11) is 0. The fourth-order valence-corrected chi connectivity index (χ4v) is 1.87. The summed E-state index contributed by atoms with van der Waals surface area (Å²) in [6.45, 7) is 2.74. The molecule has 0 fully saturated rings. The van der Waals surface area contributed by atoms with E-state index in [2.05, 4.69) is 5.32 Å². The van der Waals surface area contributed by atoms with Crippen molar-refractivity contribution in [3.05, 3.63) is 0 Å². The van der Waals surface area contributed by atoms with Crippen molar-refractivity contribution in [2.75, 3.05) is 31.7 Å². The Hall–Kier alpha value is -0.950. The molecule has 0 saturated heterocycles. The van der Waals surface area contributed by atoms with E-state index in [1.165, 1.54) is 4.90 Å². The molecule has 1 atom stereocenters. The van der Waals surface area contributed by atoms with Gasteiger partial charge in [0.15, 0.2) is 0 Å². The number of carbonyl (C=O) groups excluding carboxylic acids is 1. The summed E-state index contributed by atoms with van der Waals surface area (Å²) in [6, 6.07) is -1.24. The zero-order chi connectivity index (χ0) is 14.0. The van der Waals surface area contributed by atoms with Gasteiger partial charge in [0.2, 0.25) is 0 Å². The van der Waals surface area contributed by atoms with E-state index in [-0.39, 0.29) is 12.6 Å². The van der Waals surface area contributed by atoms with E-state index in [4.69, 9.17) is 10.2 Å². The Labute approximate surface area is 112 Å². The fraction of sp³-hybridized carbons (Fsp3) is 0.818. The van der Waals surface area contributed by atoms with Gasteiger partial charge in [0.1, 0.15) is 6.04 Å². The van der Waals surface area contributed by atoms with Crippen LogP contribution in [0.3, 0.4) is 0 Å². The molecule has 18 heavy (non-hydrogen) atoms. The Balaban J connectivity index is 4.32. The normalized spacial score (nSPS) is 11.9. The number of rotatable bonds is 9. The van der Waals surface area contributed by atoms with Gasteiger partial charge in [-0.05, 0) is 31.8 Å². The van der Waals surface area contributed by atoms with E-state index < -0.39 is 12.0 Å². The highest BCUT2D eigenvalue weighted by Crippen LogP contribution is 2.02. The molecular formula is C11H22N2O4S. The summed E-state index contributed by atoms with van der Waals surface area (Å²) in [4.78, 5) is 24.3. The third kappa shape index (κ3) is 6.70. The SMILES string of the molecule is CCN(CCCO)C(=O)NC(CCSC)C(=O)O. The largest absolute Gasteiger partial charge is 0.480 e. The number of thioether (sulfide) groups is 1. The number of urea groups is 1. The molecule has 6 nitrogen and oxygen atoms in total. The summed E-state index contributed by atoms with van der Waals surface area (Å²) in [6.07, 6.45) is 2.78. The zero-order valence-electron chi connectivity index (χ0n) is 10.9. The van der Waals surface area contributed by atoms with Gasteiger partial charge >= 0.3 is 12.0 Å². The van der Waals surface area contributed by atoms with Crippen LogP contribution in [0.15, 0.2) is 0 Å². The third-order valence-corrected chi connectivity index (χ3v) is 3.11. The van der Waals surface area contributed by atoms with Crippen molar-refractivity contribution in [2.24, 2.45) is 0 Å². The minimum Gasteiger partial charge on any atom is -0.480 e. The summed E-state index contributed by atoms with van der Waals surface area (Å²) in [5, 5.41) is 20.2. The molecule has 1 unspecified atom stereocenters. The van der Waals surface area contributed by atoms with Crippen molar-refractivity contribution in [3.63, 3.8) is 0 Å². The molecule has 0 aliphatic heterocycles. The first kappa shape index (κ1) is 17.1. The maximum Gasteiger partial charge on any atom is 0.326 e. The number of carboxylic acids is 1. The topological polar surface area (TPSA) is 89.9 Å². The average molecular weight is 278 g/mol. The summed E-state index contributed by atoms with van der Waals surface area (Å²) < 4.78 is 0. The zero-order valence-corrected chi connectivity index (χ0v) is 11.7. The second-order valence-corrected chi connectivity index (χ2v) is 4.76. The van der Waals surface area contributed by atoms with Gasteiger partial charge in [0.25, 0.3) is 0 Å². The highest BCUT2D eigenvalue weighted by molar-refractivity contribution is 7.98. The molecule has 106 valence electrons. The quantitative estimate of drug-likeness (QED) is 0.575. The van der Waals surface area contributed by atoms with Crippen molar-refractivity contribution in [1.29, 1.82) is 0 Å². The first-order chi connectivity index (χ1) is 8.56. The molecule has 0 aliphatic rings. The molecule has 0 aromatic rings. The molecule has 0 aromatic heterocycles. The standard InChI is InChI=1S/C11H22N2O4S/c1-3-13(6-4-7-14)11(17)12-9(10(15)16)5-8-18-2/h9,14H,3-8H2,1-2H3,(H,12,17)(H,15,16). The Morgan fingerprint density at radius 1 is 1.44 bits per heavy atom. The fourth-order valence-electron chi connectivity index (χ4n) is 1.40. The van der Waals surface area contributed by atoms with E-state index in [9.17, 15) is 9.59 Å². The number of hydrogen-bond acceptors (Lipinski definition) is 4. The number of nitrogens with zero attached hydrogens (tertiary/aromatic N) is 1. The van der Waals surface area contributed by atoms with Gasteiger partial charge in [0.05, 0.1) is 0 Å². The lowest BCUT2D eigenvalue weighted by Crippen LogP contribution is -2.48. The van der Waals surface area contributed by atoms with E-state index in [1.54, 1.807) is 11.8 Å². The number of aliphatic hydroxyl groups excluding tert-OH is 1. The number of nitrogens with one attached hydrogen (secondary N) is 1. The van der Waals surface area contributed by atoms with Gasteiger partial charge in [0, 0.05) is 19.7 Å². The van der Waals surface area contributed by atoms with Crippen LogP contribution in [0.25, 0.3) is 0 Å². The monoisotopic (exact) mass is 278 g/mol. The number of carbonyl (C=O) groups is 2. The summed E-state index contributed by atoms with van der Waals surface area (Å²) in [5.74, 6) is -0.337. The second-order valence-electron chi connectivity index (χ2n) is 3.78. The predicted molar refractivity (Wildman–Crippen MR) is 71.9 cm³/mol. The number of aliphatic carboxylic acids is 1. The van der Waals surface area contributed by atoms with E-state index >= 15 is 0 Å². The molecule has 0 aromatic carbocycles. The molecular weight excluding hydrogens is 256 g/mol. The lowest BCUT2D eigenvalue weighted by Gasteiger charge is -2.23. The first-order valence-corrected chi connectivity index (χ1v) is 7.34. The smallest absolute Gasteiger partial charge is 0.326 e. The van der Waals surface area contributed by atoms with Crippen LogP contribution in [-0.4, -0.2) is 64.9 Å². The maximum atomic E-state index is 11.8. The first-order valence-electron chi connectivity index (χ1n) is 5.94. The summed E-state index contributed by atoms with van der Waals surface area (Å²) in [5.41, 5.74) is 0. The van der Waals surface area contributed by atoms with Crippen LogP contribution in [0.1, 0.15) is 19.8 Å². The minimum atomic E-state index is -1.02. The van der Waals surface area contributed by atoms with Crippen LogP contribution in [0.5, 0.6) is 0 Å². The number of aliphatic hydroxyl groups is 1. The lowest BCUT2D eigenvalue weighted by molar-refractivity contribution is -0.139. The Morgan fingerprint density at radius 2 is 2.11 bits per heavy atom. The van der Waals surface area contributed by atoms with Crippen LogP contribution >= 0.6 is 11.8 Å². The highest BCUT2D eigenvalue weighted by atomic mass is 32.2. The number of hydrogen-bond donors (Lipinski definition) is 3. The van der Waals surface area contributed by atoms with Crippen LogP contribution in [0.2, 0.25) is 0 Å². The molecule has 0 aliphatic carbocycles. The van der Waals surface area contributed by atoms with Crippen LogP contribution < -0.4 is 5.32 Å².